The van der Waals surface area contributed by atoms with Gasteiger partial charge in [0.25, 0.3) is 11.8 Å². The number of aromatic nitrogens is 1. The standard InChI is InChI=1S/C19H18N4O4/c1-11-3-6-13(7-4-11)20-10-16(24)21-22-17(25)12-5-8-14-15(9-12)19(27)23(2)18(14)26/h3-9,20,26-27H,10H2,1-2H3. The maximum absolute atomic E-state index is 12.1. The van der Waals surface area contributed by atoms with E-state index in [-0.39, 0.29) is 23.9 Å². The van der Waals surface area contributed by atoms with Gasteiger partial charge in [0.15, 0.2) is 0 Å². The summed E-state index contributed by atoms with van der Waals surface area (Å²) in [6.45, 7) is 1.87. The lowest BCUT2D eigenvalue weighted by molar-refractivity contribution is -0.116. The lowest BCUT2D eigenvalue weighted by Gasteiger charge is -2.03. The van der Waals surface area contributed by atoms with Crippen LogP contribution in [0.3, 0.4) is 0 Å². The van der Waals surface area contributed by atoms with Gasteiger partial charge < -0.3 is 15.5 Å². The largest absolute Gasteiger partial charge is 0.494 e. The number of nitrogens with zero attached hydrogens (tertiary/aromatic N) is 3. The second-order valence-corrected chi connectivity index (χ2v) is 6.09. The van der Waals surface area contributed by atoms with Crippen LogP contribution in [0, 0.1) is 6.92 Å². The highest BCUT2D eigenvalue weighted by atomic mass is 16.3. The summed E-state index contributed by atoms with van der Waals surface area (Å²) in [5.74, 6) is -1.60. The summed E-state index contributed by atoms with van der Waals surface area (Å²) >= 11 is 0. The van der Waals surface area contributed by atoms with E-state index in [1.807, 2.05) is 31.2 Å². The monoisotopic (exact) mass is 366 g/mol. The number of carbonyl (C=O) groups excluding carboxylic acids is 2. The van der Waals surface area contributed by atoms with Gasteiger partial charge in [-0.3, -0.25) is 14.2 Å². The van der Waals surface area contributed by atoms with Crippen molar-refractivity contribution in [2.45, 2.75) is 6.92 Å². The molecule has 138 valence electrons. The Morgan fingerprint density at radius 2 is 1.67 bits per heavy atom. The molecule has 0 saturated carbocycles. The first-order valence-corrected chi connectivity index (χ1v) is 8.16. The number of aryl methyl sites for hydroxylation is 1. The molecule has 8 heteroatoms. The number of hydrogen-bond acceptors (Lipinski definition) is 5. The molecule has 0 bridgehead atoms. The zero-order valence-corrected chi connectivity index (χ0v) is 14.8. The van der Waals surface area contributed by atoms with Crippen LogP contribution >= 0.6 is 0 Å². The van der Waals surface area contributed by atoms with Gasteiger partial charge in [-0.15, -0.1) is 10.2 Å². The molecule has 0 aliphatic heterocycles. The van der Waals surface area contributed by atoms with Crippen molar-refractivity contribution in [2.24, 2.45) is 17.3 Å². The molecule has 0 spiro atoms. The summed E-state index contributed by atoms with van der Waals surface area (Å²) < 4.78 is 1.20. The smallest absolute Gasteiger partial charge is 0.295 e. The van der Waals surface area contributed by atoms with E-state index >= 15 is 0 Å². The highest BCUT2D eigenvalue weighted by molar-refractivity contribution is 6.02. The molecule has 0 unspecified atom stereocenters. The van der Waals surface area contributed by atoms with Crippen LogP contribution in [0.1, 0.15) is 15.9 Å². The molecule has 1 heterocycles. The van der Waals surface area contributed by atoms with Gasteiger partial charge in [-0.25, -0.2) is 0 Å². The van der Waals surface area contributed by atoms with E-state index in [9.17, 15) is 19.8 Å². The van der Waals surface area contributed by atoms with Crippen LogP contribution in [0.2, 0.25) is 0 Å². The Morgan fingerprint density at radius 1 is 1.00 bits per heavy atom. The van der Waals surface area contributed by atoms with Crippen LogP contribution in [0.5, 0.6) is 11.8 Å². The number of rotatable bonds is 4. The highest BCUT2D eigenvalue weighted by Crippen LogP contribution is 2.35. The van der Waals surface area contributed by atoms with Gasteiger partial charge in [0.2, 0.25) is 11.8 Å². The molecule has 0 radical (unpaired) electrons. The van der Waals surface area contributed by atoms with Crippen molar-refractivity contribution < 1.29 is 19.8 Å². The van der Waals surface area contributed by atoms with Crippen LogP contribution in [-0.4, -0.2) is 33.1 Å². The van der Waals surface area contributed by atoms with Crippen molar-refractivity contribution in [1.82, 2.24) is 4.57 Å². The quantitative estimate of drug-likeness (QED) is 0.614. The van der Waals surface area contributed by atoms with Crippen LogP contribution in [0.15, 0.2) is 52.7 Å². The number of hydrogen-bond donors (Lipinski definition) is 3. The van der Waals surface area contributed by atoms with E-state index in [0.717, 1.165) is 11.3 Å². The minimum atomic E-state index is -0.719. The number of benzene rings is 2. The number of nitrogens with one attached hydrogen (secondary N) is 1. The second kappa shape index (κ2) is 7.28. The fourth-order valence-electron chi connectivity index (χ4n) is 2.56. The lowest BCUT2D eigenvalue weighted by atomic mass is 10.1. The van der Waals surface area contributed by atoms with E-state index in [2.05, 4.69) is 15.5 Å². The van der Waals surface area contributed by atoms with E-state index in [1.54, 1.807) is 0 Å². The van der Waals surface area contributed by atoms with Crippen molar-refractivity contribution in [3.8, 4) is 11.8 Å². The molecule has 0 aliphatic rings. The third-order valence-electron chi connectivity index (χ3n) is 4.13. The Balaban J connectivity index is 1.67. The van der Waals surface area contributed by atoms with Crippen LogP contribution < -0.4 is 5.32 Å². The molecule has 3 aromatic rings. The topological polar surface area (TPSA) is 116 Å². The minimum Gasteiger partial charge on any atom is -0.494 e. The third-order valence-corrected chi connectivity index (χ3v) is 4.13. The lowest BCUT2D eigenvalue weighted by Crippen LogP contribution is -2.11. The fourth-order valence-corrected chi connectivity index (χ4v) is 2.56. The fraction of sp³-hybridized carbons (Fsp3) is 0.158. The molecule has 3 N–H and O–H groups in total. The number of azo groups is 1. The Morgan fingerprint density at radius 3 is 2.37 bits per heavy atom. The molecule has 0 saturated heterocycles. The second-order valence-electron chi connectivity index (χ2n) is 6.09. The first-order valence-electron chi connectivity index (χ1n) is 8.16. The molecule has 2 aromatic carbocycles. The van der Waals surface area contributed by atoms with Gasteiger partial charge in [-0.05, 0) is 37.3 Å². The van der Waals surface area contributed by atoms with Gasteiger partial charge in [0, 0.05) is 29.1 Å². The summed E-state index contributed by atoms with van der Waals surface area (Å²) in [5.41, 5.74) is 2.01. The molecule has 0 atom stereocenters. The van der Waals surface area contributed by atoms with Crippen molar-refractivity contribution in [1.29, 1.82) is 0 Å². The summed E-state index contributed by atoms with van der Waals surface area (Å²) in [7, 11) is 1.49. The normalized spacial score (nSPS) is 11.2. The van der Waals surface area contributed by atoms with Crippen molar-refractivity contribution in [3.63, 3.8) is 0 Å². The highest BCUT2D eigenvalue weighted by Gasteiger charge is 2.15. The molecule has 27 heavy (non-hydrogen) atoms. The Bertz CT molecular complexity index is 1050. The number of fused-ring (bicyclic) bond motifs is 1. The van der Waals surface area contributed by atoms with Crippen LogP contribution in [-0.2, 0) is 11.8 Å². The predicted molar refractivity (Wildman–Crippen MR) is 100 cm³/mol. The molecule has 1 aromatic heterocycles. The molecule has 0 fully saturated rings. The molecule has 2 amide bonds. The van der Waals surface area contributed by atoms with Gasteiger partial charge in [-0.1, -0.05) is 17.7 Å². The Hall–Kier alpha value is -3.68. The first kappa shape index (κ1) is 18.1. The van der Waals surface area contributed by atoms with Crippen LogP contribution in [0.25, 0.3) is 10.8 Å². The Kier molecular flexibility index (Phi) is 4.89. The van der Waals surface area contributed by atoms with E-state index in [4.69, 9.17) is 0 Å². The average Bonchev–Trinajstić information content (AvgIpc) is 2.89. The number of aromatic hydroxyl groups is 2. The van der Waals surface area contributed by atoms with Gasteiger partial charge in [0.05, 0.1) is 6.54 Å². The van der Waals surface area contributed by atoms with Crippen molar-refractivity contribution in [2.75, 3.05) is 11.9 Å². The first-order chi connectivity index (χ1) is 12.9. The maximum atomic E-state index is 12.1. The van der Waals surface area contributed by atoms with Crippen molar-refractivity contribution in [3.05, 3.63) is 53.6 Å². The number of carbonyl (C=O) groups is 2. The molecule has 3 rings (SSSR count). The van der Waals surface area contributed by atoms with Crippen LogP contribution in [0.4, 0.5) is 5.69 Å². The maximum Gasteiger partial charge on any atom is 0.295 e. The average molecular weight is 366 g/mol. The predicted octanol–water partition coefficient (Wildman–Crippen LogP) is 3.13. The van der Waals surface area contributed by atoms with E-state index in [1.165, 1.54) is 29.8 Å². The number of anilines is 1. The number of amides is 2. The van der Waals surface area contributed by atoms with E-state index < -0.39 is 11.8 Å². The van der Waals surface area contributed by atoms with Crippen molar-refractivity contribution >= 4 is 28.3 Å². The summed E-state index contributed by atoms with van der Waals surface area (Å²) in [5, 5.41) is 30.3. The van der Waals surface area contributed by atoms with Gasteiger partial charge in [0.1, 0.15) is 0 Å². The zero-order valence-electron chi connectivity index (χ0n) is 14.8. The van der Waals surface area contributed by atoms with Gasteiger partial charge >= 0.3 is 0 Å². The molecule has 0 aliphatic carbocycles. The Labute approximate surface area is 154 Å². The summed E-state index contributed by atoms with van der Waals surface area (Å²) in [6, 6.07) is 11.8. The molecular formula is C19H18N4O4. The van der Waals surface area contributed by atoms with Gasteiger partial charge in [-0.2, -0.15) is 0 Å². The summed E-state index contributed by atoms with van der Waals surface area (Å²) in [4.78, 5) is 23.9. The third kappa shape index (κ3) is 3.79. The molecule has 8 nitrogen and oxygen atoms in total. The zero-order chi connectivity index (χ0) is 19.6. The SMILES string of the molecule is Cc1ccc(NCC(=O)N=NC(=O)c2ccc3c(O)n(C)c(O)c3c2)cc1. The molecular weight excluding hydrogens is 348 g/mol. The summed E-state index contributed by atoms with van der Waals surface area (Å²) in [6.07, 6.45) is 0. The van der Waals surface area contributed by atoms with E-state index in [0.29, 0.717) is 10.8 Å². The minimum absolute atomic E-state index is 0.0910.